The highest BCUT2D eigenvalue weighted by Gasteiger charge is 2.37. The Hall–Kier alpha value is -3.68. The SMILES string of the molecule is CC(=O)OC(CO/N=C1/C(=O)N(C(C)=O)c2ccccc21)CN(C)c1ccccc1. The van der Waals surface area contributed by atoms with Gasteiger partial charge in [-0.2, -0.15) is 0 Å². The Bertz CT molecular complexity index is 974. The minimum absolute atomic E-state index is 0.0405. The monoisotopic (exact) mass is 409 g/mol. The lowest BCUT2D eigenvalue weighted by Gasteiger charge is -2.24. The number of carbonyl (C=O) groups is 3. The van der Waals surface area contributed by atoms with Crippen LogP contribution in [0.3, 0.4) is 0 Å². The fourth-order valence-corrected chi connectivity index (χ4v) is 3.24. The van der Waals surface area contributed by atoms with Gasteiger partial charge in [-0.3, -0.25) is 14.4 Å². The average Bonchev–Trinajstić information content (AvgIpc) is 3.00. The highest BCUT2D eigenvalue weighted by atomic mass is 16.6. The van der Waals surface area contributed by atoms with Gasteiger partial charge in [0.05, 0.1) is 12.2 Å². The van der Waals surface area contributed by atoms with Gasteiger partial charge in [0.15, 0.2) is 18.4 Å². The molecule has 1 aliphatic rings. The number of esters is 1. The van der Waals surface area contributed by atoms with Crippen LogP contribution >= 0.6 is 0 Å². The Morgan fingerprint density at radius 1 is 1.07 bits per heavy atom. The Balaban J connectivity index is 1.72. The lowest BCUT2D eigenvalue weighted by Crippen LogP contribution is -2.36. The summed E-state index contributed by atoms with van der Waals surface area (Å²) < 4.78 is 5.34. The first-order valence-electron chi connectivity index (χ1n) is 9.46. The van der Waals surface area contributed by atoms with Crippen LogP contribution in [0.25, 0.3) is 0 Å². The smallest absolute Gasteiger partial charge is 0.303 e. The molecule has 0 bridgehead atoms. The van der Waals surface area contributed by atoms with E-state index in [0.717, 1.165) is 10.6 Å². The minimum atomic E-state index is -0.604. The van der Waals surface area contributed by atoms with E-state index in [4.69, 9.17) is 9.57 Å². The number of nitrogens with zero attached hydrogens (tertiary/aromatic N) is 3. The quantitative estimate of drug-likeness (QED) is 0.515. The zero-order valence-corrected chi connectivity index (χ0v) is 17.1. The van der Waals surface area contributed by atoms with E-state index in [1.807, 2.05) is 42.3 Å². The van der Waals surface area contributed by atoms with Crippen molar-refractivity contribution in [2.24, 2.45) is 5.16 Å². The molecule has 0 aliphatic carbocycles. The minimum Gasteiger partial charge on any atom is -0.457 e. The summed E-state index contributed by atoms with van der Waals surface area (Å²) in [5, 5.41) is 3.97. The molecule has 0 fully saturated rings. The van der Waals surface area contributed by atoms with Gasteiger partial charge in [-0.25, -0.2) is 4.90 Å². The molecule has 0 radical (unpaired) electrons. The molecular weight excluding hydrogens is 386 g/mol. The number of carbonyl (C=O) groups excluding carboxylic acids is 3. The van der Waals surface area contributed by atoms with Crippen molar-refractivity contribution in [3.63, 3.8) is 0 Å². The zero-order chi connectivity index (χ0) is 21.7. The van der Waals surface area contributed by atoms with Gasteiger partial charge < -0.3 is 14.5 Å². The Labute approximate surface area is 174 Å². The molecule has 1 aliphatic heterocycles. The predicted molar refractivity (Wildman–Crippen MR) is 112 cm³/mol. The second kappa shape index (κ2) is 9.21. The van der Waals surface area contributed by atoms with E-state index in [-0.39, 0.29) is 12.3 Å². The molecule has 2 aromatic carbocycles. The Morgan fingerprint density at radius 2 is 1.73 bits per heavy atom. The van der Waals surface area contributed by atoms with E-state index in [9.17, 15) is 14.4 Å². The van der Waals surface area contributed by atoms with Crippen molar-refractivity contribution in [3.8, 4) is 0 Å². The lowest BCUT2D eigenvalue weighted by atomic mass is 10.1. The van der Waals surface area contributed by atoms with Crippen LogP contribution in [0.5, 0.6) is 0 Å². The number of amides is 2. The van der Waals surface area contributed by atoms with Crippen LogP contribution in [0.2, 0.25) is 0 Å². The summed E-state index contributed by atoms with van der Waals surface area (Å²) in [4.78, 5) is 44.4. The van der Waals surface area contributed by atoms with Gasteiger partial charge in [0.1, 0.15) is 0 Å². The molecule has 8 nitrogen and oxygen atoms in total. The molecule has 2 aromatic rings. The van der Waals surface area contributed by atoms with Crippen LogP contribution in [-0.4, -0.2) is 49.8 Å². The number of anilines is 2. The number of likely N-dealkylation sites (N-methyl/N-ethyl adjacent to an activating group) is 1. The summed E-state index contributed by atoms with van der Waals surface area (Å²) in [5.74, 6) is -1.39. The number of imide groups is 1. The largest absolute Gasteiger partial charge is 0.457 e. The van der Waals surface area contributed by atoms with Crippen LogP contribution in [0.1, 0.15) is 19.4 Å². The predicted octanol–water partition coefficient (Wildman–Crippen LogP) is 2.37. The van der Waals surface area contributed by atoms with Crippen molar-refractivity contribution in [1.82, 2.24) is 0 Å². The van der Waals surface area contributed by atoms with E-state index in [1.54, 1.807) is 24.3 Å². The highest BCUT2D eigenvalue weighted by molar-refractivity contribution is 6.57. The zero-order valence-electron chi connectivity index (χ0n) is 17.1. The third-order valence-corrected chi connectivity index (χ3v) is 4.54. The maximum absolute atomic E-state index is 12.6. The maximum atomic E-state index is 12.6. The molecule has 30 heavy (non-hydrogen) atoms. The number of benzene rings is 2. The number of oxime groups is 1. The third kappa shape index (κ3) is 4.65. The van der Waals surface area contributed by atoms with E-state index in [2.05, 4.69) is 5.16 Å². The van der Waals surface area contributed by atoms with Gasteiger partial charge in [0.25, 0.3) is 5.91 Å². The van der Waals surface area contributed by atoms with E-state index in [0.29, 0.717) is 17.8 Å². The second-order valence-corrected chi connectivity index (χ2v) is 6.86. The van der Waals surface area contributed by atoms with Gasteiger partial charge in [-0.05, 0) is 18.2 Å². The molecule has 0 saturated heterocycles. The van der Waals surface area contributed by atoms with Gasteiger partial charge in [0, 0.05) is 32.1 Å². The molecule has 8 heteroatoms. The number of ether oxygens (including phenoxy) is 1. The first-order valence-corrected chi connectivity index (χ1v) is 9.46. The summed E-state index contributed by atoms with van der Waals surface area (Å²) in [7, 11) is 1.87. The fraction of sp³-hybridized carbons (Fsp3) is 0.273. The second-order valence-electron chi connectivity index (χ2n) is 6.86. The Kier molecular flexibility index (Phi) is 6.46. The molecule has 2 amide bonds. The third-order valence-electron chi connectivity index (χ3n) is 4.54. The standard InChI is InChI=1S/C22H23N3O5/c1-15(26)25-20-12-8-7-11-19(20)21(22(25)28)23-29-14-18(30-16(2)27)13-24(3)17-9-5-4-6-10-17/h4-12,18H,13-14H2,1-3H3/b23-21+. The maximum Gasteiger partial charge on any atom is 0.303 e. The fourth-order valence-electron chi connectivity index (χ4n) is 3.24. The summed E-state index contributed by atoms with van der Waals surface area (Å²) in [6, 6.07) is 16.5. The van der Waals surface area contributed by atoms with Crippen molar-refractivity contribution in [2.45, 2.75) is 20.0 Å². The normalized spacial score (nSPS) is 15.0. The molecule has 3 rings (SSSR count). The van der Waals surface area contributed by atoms with Crippen molar-refractivity contribution in [2.75, 3.05) is 30.0 Å². The van der Waals surface area contributed by atoms with Crippen molar-refractivity contribution >= 4 is 34.9 Å². The van der Waals surface area contributed by atoms with E-state index < -0.39 is 23.9 Å². The number of para-hydroxylation sites is 2. The van der Waals surface area contributed by atoms with Gasteiger partial charge in [0.2, 0.25) is 5.91 Å². The van der Waals surface area contributed by atoms with E-state index >= 15 is 0 Å². The van der Waals surface area contributed by atoms with Gasteiger partial charge in [-0.1, -0.05) is 41.6 Å². The van der Waals surface area contributed by atoms with E-state index in [1.165, 1.54) is 13.8 Å². The summed E-state index contributed by atoms with van der Waals surface area (Å²) >= 11 is 0. The summed E-state index contributed by atoms with van der Waals surface area (Å²) in [5.41, 5.74) is 1.98. The van der Waals surface area contributed by atoms with Crippen molar-refractivity contribution in [3.05, 3.63) is 60.2 Å². The first kappa shape index (κ1) is 21.0. The molecule has 1 heterocycles. The molecule has 156 valence electrons. The topological polar surface area (TPSA) is 88.5 Å². The van der Waals surface area contributed by atoms with Crippen molar-refractivity contribution in [1.29, 1.82) is 0 Å². The lowest BCUT2D eigenvalue weighted by molar-refractivity contribution is -0.148. The first-order chi connectivity index (χ1) is 14.4. The van der Waals surface area contributed by atoms with Crippen LogP contribution in [-0.2, 0) is 24.0 Å². The Morgan fingerprint density at radius 3 is 2.40 bits per heavy atom. The summed E-state index contributed by atoms with van der Waals surface area (Å²) in [6.45, 7) is 2.96. The number of hydrogen-bond donors (Lipinski definition) is 0. The van der Waals surface area contributed by atoms with Crippen LogP contribution < -0.4 is 9.80 Å². The molecule has 0 aromatic heterocycles. The van der Waals surface area contributed by atoms with Crippen molar-refractivity contribution < 1.29 is 24.0 Å². The highest BCUT2D eigenvalue weighted by Crippen LogP contribution is 2.29. The van der Waals surface area contributed by atoms with Crippen LogP contribution in [0.4, 0.5) is 11.4 Å². The molecular formula is C22H23N3O5. The molecule has 0 N–H and O–H groups in total. The summed E-state index contributed by atoms with van der Waals surface area (Å²) in [6.07, 6.45) is -0.604. The average molecular weight is 409 g/mol. The van der Waals surface area contributed by atoms with Gasteiger partial charge >= 0.3 is 5.97 Å². The van der Waals surface area contributed by atoms with Gasteiger partial charge in [-0.15, -0.1) is 0 Å². The molecule has 0 saturated carbocycles. The number of rotatable bonds is 7. The molecule has 1 unspecified atom stereocenters. The van der Waals surface area contributed by atoms with Crippen LogP contribution in [0, 0.1) is 0 Å². The molecule has 1 atom stereocenters. The number of hydrogen-bond acceptors (Lipinski definition) is 7. The number of fused-ring (bicyclic) bond motifs is 1. The molecule has 0 spiro atoms. The van der Waals surface area contributed by atoms with Crippen LogP contribution in [0.15, 0.2) is 59.8 Å².